The van der Waals surface area contributed by atoms with Gasteiger partial charge in [0.25, 0.3) is 0 Å². The number of rotatable bonds is 3. The van der Waals surface area contributed by atoms with Crippen molar-refractivity contribution >= 4 is 15.9 Å². The van der Waals surface area contributed by atoms with Crippen LogP contribution in [0.4, 0.5) is 17.6 Å². The zero-order valence-electron chi connectivity index (χ0n) is 11.5. The molecule has 0 spiro atoms. The van der Waals surface area contributed by atoms with Crippen molar-refractivity contribution in [2.75, 3.05) is 0 Å². The molecule has 0 aliphatic heterocycles. The normalized spacial score (nSPS) is 24.9. The van der Waals surface area contributed by atoms with Crippen molar-refractivity contribution in [3.05, 3.63) is 34.1 Å². The van der Waals surface area contributed by atoms with Crippen LogP contribution in [-0.2, 0) is 6.42 Å². The second kappa shape index (κ2) is 6.65. The first-order chi connectivity index (χ1) is 9.77. The Hall–Kier alpha value is -0.620. The highest BCUT2D eigenvalue weighted by molar-refractivity contribution is 9.10. The van der Waals surface area contributed by atoms with Crippen molar-refractivity contribution in [3.8, 4) is 0 Å². The van der Waals surface area contributed by atoms with Crippen molar-refractivity contribution in [3.63, 3.8) is 0 Å². The SMILES string of the molecule is NC(Cc1ccc(F)c(Br)c1)C1CCC(C(F)(F)F)CC1. The Bertz CT molecular complexity index is 481. The van der Waals surface area contributed by atoms with Crippen molar-refractivity contribution in [1.29, 1.82) is 0 Å². The minimum atomic E-state index is -4.09. The highest BCUT2D eigenvalue weighted by atomic mass is 79.9. The number of nitrogens with two attached hydrogens (primary N) is 1. The van der Waals surface area contributed by atoms with Gasteiger partial charge < -0.3 is 5.73 Å². The highest BCUT2D eigenvalue weighted by Crippen LogP contribution is 2.40. The Kier molecular flexibility index (Phi) is 5.30. The summed E-state index contributed by atoms with van der Waals surface area (Å²) in [7, 11) is 0. The molecule has 6 heteroatoms. The van der Waals surface area contributed by atoms with Crippen LogP contribution in [-0.4, -0.2) is 12.2 Å². The van der Waals surface area contributed by atoms with E-state index in [2.05, 4.69) is 15.9 Å². The van der Waals surface area contributed by atoms with Crippen LogP contribution in [0.3, 0.4) is 0 Å². The first-order valence-electron chi connectivity index (χ1n) is 7.03. The molecule has 1 aliphatic carbocycles. The van der Waals surface area contributed by atoms with Gasteiger partial charge in [-0.15, -0.1) is 0 Å². The third-order valence-electron chi connectivity index (χ3n) is 4.30. The first kappa shape index (κ1) is 16.7. The number of alkyl halides is 3. The molecule has 2 N–H and O–H groups in total. The summed E-state index contributed by atoms with van der Waals surface area (Å²) in [6, 6.07) is 4.53. The predicted octanol–water partition coefficient (Wildman–Crippen LogP) is 4.83. The fourth-order valence-corrected chi connectivity index (χ4v) is 3.41. The molecular formula is C15H18BrF4N. The lowest BCUT2D eigenvalue weighted by Crippen LogP contribution is -2.37. The quantitative estimate of drug-likeness (QED) is 0.761. The van der Waals surface area contributed by atoms with E-state index in [1.165, 1.54) is 6.07 Å². The average Bonchev–Trinajstić information content (AvgIpc) is 2.42. The smallest absolute Gasteiger partial charge is 0.327 e. The molecule has 0 bridgehead atoms. The largest absolute Gasteiger partial charge is 0.391 e. The van der Waals surface area contributed by atoms with E-state index >= 15 is 0 Å². The van der Waals surface area contributed by atoms with Gasteiger partial charge in [-0.3, -0.25) is 0 Å². The zero-order chi connectivity index (χ0) is 15.6. The number of hydrogen-bond acceptors (Lipinski definition) is 1. The van der Waals surface area contributed by atoms with Gasteiger partial charge in [-0.1, -0.05) is 6.07 Å². The zero-order valence-corrected chi connectivity index (χ0v) is 13.1. The molecule has 1 unspecified atom stereocenters. The fourth-order valence-electron chi connectivity index (χ4n) is 2.98. The molecule has 1 aliphatic rings. The van der Waals surface area contributed by atoms with Gasteiger partial charge in [-0.05, 0) is 71.6 Å². The minimum absolute atomic E-state index is 0.104. The van der Waals surface area contributed by atoms with Crippen molar-refractivity contribution < 1.29 is 17.6 Å². The first-order valence-corrected chi connectivity index (χ1v) is 7.83. The molecule has 1 fully saturated rings. The molecule has 1 atom stereocenters. The molecule has 2 rings (SSSR count). The van der Waals surface area contributed by atoms with Gasteiger partial charge in [-0.2, -0.15) is 13.2 Å². The minimum Gasteiger partial charge on any atom is -0.327 e. The Labute approximate surface area is 130 Å². The van der Waals surface area contributed by atoms with Crippen molar-refractivity contribution in [1.82, 2.24) is 0 Å². The summed E-state index contributed by atoms with van der Waals surface area (Å²) in [4.78, 5) is 0. The second-order valence-electron chi connectivity index (χ2n) is 5.77. The summed E-state index contributed by atoms with van der Waals surface area (Å²) >= 11 is 3.12. The van der Waals surface area contributed by atoms with E-state index < -0.39 is 12.1 Å². The summed E-state index contributed by atoms with van der Waals surface area (Å²) in [6.07, 6.45) is -2.19. The lowest BCUT2D eigenvalue weighted by atomic mass is 9.77. The van der Waals surface area contributed by atoms with Crippen LogP contribution in [0, 0.1) is 17.7 Å². The predicted molar refractivity (Wildman–Crippen MR) is 77.3 cm³/mol. The molecule has 0 saturated heterocycles. The maximum atomic E-state index is 13.2. The third-order valence-corrected chi connectivity index (χ3v) is 4.90. The molecule has 21 heavy (non-hydrogen) atoms. The number of halogens is 5. The maximum absolute atomic E-state index is 13.2. The molecule has 0 radical (unpaired) electrons. The monoisotopic (exact) mass is 367 g/mol. The van der Waals surface area contributed by atoms with E-state index in [1.807, 2.05) is 0 Å². The number of hydrogen-bond donors (Lipinski definition) is 1. The van der Waals surface area contributed by atoms with Crippen molar-refractivity contribution in [2.24, 2.45) is 17.6 Å². The molecule has 1 aromatic carbocycles. The van der Waals surface area contributed by atoms with Gasteiger partial charge >= 0.3 is 6.18 Å². The second-order valence-corrected chi connectivity index (χ2v) is 6.62. The molecule has 118 valence electrons. The van der Waals surface area contributed by atoms with E-state index in [0.29, 0.717) is 23.7 Å². The van der Waals surface area contributed by atoms with E-state index in [1.54, 1.807) is 12.1 Å². The fraction of sp³-hybridized carbons (Fsp3) is 0.600. The Morgan fingerprint density at radius 1 is 1.19 bits per heavy atom. The lowest BCUT2D eigenvalue weighted by molar-refractivity contribution is -0.184. The molecule has 0 amide bonds. The van der Waals surface area contributed by atoms with Gasteiger partial charge in [0.1, 0.15) is 5.82 Å². The third kappa shape index (κ3) is 4.42. The summed E-state index contributed by atoms with van der Waals surface area (Å²) in [5.74, 6) is -1.41. The van der Waals surface area contributed by atoms with Gasteiger partial charge in [0.2, 0.25) is 0 Å². The van der Waals surface area contributed by atoms with Crippen LogP contribution in [0.2, 0.25) is 0 Å². The van der Waals surface area contributed by atoms with E-state index in [0.717, 1.165) is 5.56 Å². The van der Waals surface area contributed by atoms with Crippen LogP contribution in [0.1, 0.15) is 31.2 Å². The summed E-state index contributed by atoms with van der Waals surface area (Å²) < 4.78 is 51.4. The Balaban J connectivity index is 1.90. The lowest BCUT2D eigenvalue weighted by Gasteiger charge is -2.33. The van der Waals surface area contributed by atoms with Gasteiger partial charge in [0.15, 0.2) is 0 Å². The van der Waals surface area contributed by atoms with E-state index in [-0.39, 0.29) is 30.6 Å². The van der Waals surface area contributed by atoms with Gasteiger partial charge in [-0.25, -0.2) is 4.39 Å². The van der Waals surface area contributed by atoms with Gasteiger partial charge in [0, 0.05) is 6.04 Å². The van der Waals surface area contributed by atoms with E-state index in [4.69, 9.17) is 5.73 Å². The summed E-state index contributed by atoms with van der Waals surface area (Å²) in [5, 5.41) is 0. The maximum Gasteiger partial charge on any atom is 0.391 e. The topological polar surface area (TPSA) is 26.0 Å². The molecule has 1 nitrogen and oxygen atoms in total. The summed E-state index contributed by atoms with van der Waals surface area (Å²) in [6.45, 7) is 0. The molecular weight excluding hydrogens is 350 g/mol. The summed E-state index contributed by atoms with van der Waals surface area (Å²) in [5.41, 5.74) is 7.03. The van der Waals surface area contributed by atoms with Crippen LogP contribution < -0.4 is 5.73 Å². The Morgan fingerprint density at radius 3 is 2.33 bits per heavy atom. The number of benzene rings is 1. The molecule has 0 heterocycles. The van der Waals surface area contributed by atoms with E-state index in [9.17, 15) is 17.6 Å². The van der Waals surface area contributed by atoms with Crippen LogP contribution in [0.25, 0.3) is 0 Å². The molecule has 0 aromatic heterocycles. The standard InChI is InChI=1S/C15H18BrF4N/c16-12-7-9(1-6-13(12)17)8-14(21)10-2-4-11(5-3-10)15(18,19)20/h1,6-7,10-11,14H,2-5,8,21H2. The van der Waals surface area contributed by atoms with Crippen LogP contribution in [0.5, 0.6) is 0 Å². The van der Waals surface area contributed by atoms with Gasteiger partial charge in [0.05, 0.1) is 10.4 Å². The Morgan fingerprint density at radius 2 is 1.81 bits per heavy atom. The van der Waals surface area contributed by atoms with Crippen molar-refractivity contribution in [2.45, 2.75) is 44.3 Å². The molecule has 1 aromatic rings. The average molecular weight is 368 g/mol. The highest BCUT2D eigenvalue weighted by Gasteiger charge is 2.42. The molecule has 1 saturated carbocycles. The van der Waals surface area contributed by atoms with Crippen LogP contribution in [0.15, 0.2) is 22.7 Å². The van der Waals surface area contributed by atoms with Crippen LogP contribution >= 0.6 is 15.9 Å².